The first-order valence-corrected chi connectivity index (χ1v) is 12.2. The molecule has 0 radical (unpaired) electrons. The summed E-state index contributed by atoms with van der Waals surface area (Å²) in [6, 6.07) is 30.4. The van der Waals surface area contributed by atoms with Gasteiger partial charge in [0.15, 0.2) is 0 Å². The van der Waals surface area contributed by atoms with Crippen molar-refractivity contribution < 1.29 is 4.79 Å². The Hall–Kier alpha value is -3.90. The van der Waals surface area contributed by atoms with Crippen LogP contribution in [-0.4, -0.2) is 58.1 Å². The Morgan fingerprint density at radius 3 is 1.94 bits per heavy atom. The van der Waals surface area contributed by atoms with Crippen molar-refractivity contribution in [2.75, 3.05) is 32.7 Å². The van der Waals surface area contributed by atoms with E-state index in [1.54, 1.807) is 0 Å². The van der Waals surface area contributed by atoms with Gasteiger partial charge in [-0.05, 0) is 11.1 Å². The number of nitrogens with zero attached hydrogens (tertiary/aromatic N) is 4. The summed E-state index contributed by atoms with van der Waals surface area (Å²) in [6.45, 7) is 4.98. The molecule has 0 unspecified atom stereocenters. The maximum atomic E-state index is 13.2. The van der Waals surface area contributed by atoms with Crippen LogP contribution in [0.15, 0.2) is 103 Å². The molecular weight excluding hydrogens is 434 g/mol. The van der Waals surface area contributed by atoms with E-state index in [9.17, 15) is 4.79 Å². The Labute approximate surface area is 206 Å². The van der Waals surface area contributed by atoms with Crippen LogP contribution in [0.3, 0.4) is 0 Å². The smallest absolute Gasteiger partial charge is 0.318 e. The second-order valence-electron chi connectivity index (χ2n) is 8.84. The van der Waals surface area contributed by atoms with Gasteiger partial charge in [-0.15, -0.1) is 0 Å². The number of carbonyl (C=O) groups excluding carboxylic acids is 1. The maximum Gasteiger partial charge on any atom is 0.318 e. The summed E-state index contributed by atoms with van der Waals surface area (Å²) in [6.07, 6.45) is 3.90. The quantitative estimate of drug-likeness (QED) is 0.432. The highest BCUT2D eigenvalue weighted by molar-refractivity contribution is 5.75. The zero-order valence-corrected chi connectivity index (χ0v) is 19.8. The van der Waals surface area contributed by atoms with E-state index < -0.39 is 0 Å². The van der Waals surface area contributed by atoms with Crippen molar-refractivity contribution in [3.63, 3.8) is 0 Å². The molecule has 1 N–H and O–H groups in total. The van der Waals surface area contributed by atoms with Crippen LogP contribution in [0.5, 0.6) is 0 Å². The highest BCUT2D eigenvalue weighted by atomic mass is 16.2. The molecule has 1 aliphatic heterocycles. The molecule has 178 valence electrons. The number of amides is 2. The number of carbonyl (C=O) groups is 1. The molecule has 0 aliphatic carbocycles. The number of aromatic nitrogens is 2. The second kappa shape index (κ2) is 11.0. The maximum absolute atomic E-state index is 13.2. The lowest BCUT2D eigenvalue weighted by molar-refractivity contribution is 0.135. The van der Waals surface area contributed by atoms with Gasteiger partial charge in [-0.1, -0.05) is 91.0 Å². The van der Waals surface area contributed by atoms with Gasteiger partial charge in [0.25, 0.3) is 0 Å². The van der Waals surface area contributed by atoms with Crippen LogP contribution in [0, 0.1) is 0 Å². The predicted molar refractivity (Wildman–Crippen MR) is 139 cm³/mol. The van der Waals surface area contributed by atoms with Crippen LogP contribution in [-0.2, 0) is 6.54 Å². The van der Waals surface area contributed by atoms with Crippen LogP contribution in [0.4, 0.5) is 4.79 Å². The van der Waals surface area contributed by atoms with E-state index in [1.807, 2.05) is 71.9 Å². The first kappa shape index (κ1) is 22.9. The molecular formula is C29H31N5O. The Bertz CT molecular complexity index is 1160. The summed E-state index contributed by atoms with van der Waals surface area (Å²) in [5.41, 5.74) is 3.30. The topological polar surface area (TPSA) is 53.4 Å². The number of hydrogen-bond acceptors (Lipinski definition) is 3. The number of imidazole rings is 1. The molecule has 35 heavy (non-hydrogen) atoms. The zero-order valence-electron chi connectivity index (χ0n) is 19.8. The lowest BCUT2D eigenvalue weighted by Gasteiger charge is -2.35. The molecule has 0 atom stereocenters. The van der Waals surface area contributed by atoms with Gasteiger partial charge in [0.2, 0.25) is 0 Å². The lowest BCUT2D eigenvalue weighted by Crippen LogP contribution is -2.52. The summed E-state index contributed by atoms with van der Waals surface area (Å²) >= 11 is 0. The molecule has 6 nitrogen and oxygen atoms in total. The normalized spacial score (nSPS) is 14.3. The zero-order chi connectivity index (χ0) is 23.9. The summed E-state index contributed by atoms with van der Waals surface area (Å²) in [4.78, 5) is 22.1. The Morgan fingerprint density at radius 1 is 0.771 bits per heavy atom. The highest BCUT2D eigenvalue weighted by Crippen LogP contribution is 2.22. The van der Waals surface area contributed by atoms with E-state index >= 15 is 0 Å². The second-order valence-corrected chi connectivity index (χ2v) is 8.84. The molecule has 0 spiro atoms. The summed E-state index contributed by atoms with van der Waals surface area (Å²) in [5.74, 6) is 0.997. The van der Waals surface area contributed by atoms with Gasteiger partial charge in [0.05, 0.1) is 6.04 Å². The lowest BCUT2D eigenvalue weighted by atomic mass is 9.99. The summed E-state index contributed by atoms with van der Waals surface area (Å²) in [7, 11) is 0. The molecule has 4 aromatic rings. The molecule has 3 aromatic carbocycles. The average molecular weight is 466 g/mol. The van der Waals surface area contributed by atoms with Crippen LogP contribution in [0.1, 0.15) is 17.2 Å². The third-order valence-corrected chi connectivity index (χ3v) is 6.60. The standard InChI is InChI=1S/C29H31N5O/c35-29(31-27(24-10-4-1-5-11-24)25-12-6-2-7-13-25)34-22-19-32(20-23-34)18-21-33-17-16-30-28(33)26-14-8-3-9-15-26/h1-17,27H,18-23H2,(H,31,35). The van der Waals surface area contributed by atoms with Crippen molar-refractivity contribution in [3.8, 4) is 11.4 Å². The van der Waals surface area contributed by atoms with Crippen LogP contribution >= 0.6 is 0 Å². The van der Waals surface area contributed by atoms with Gasteiger partial charge >= 0.3 is 6.03 Å². The fourth-order valence-electron chi connectivity index (χ4n) is 4.63. The van der Waals surface area contributed by atoms with E-state index in [2.05, 4.69) is 56.2 Å². The van der Waals surface area contributed by atoms with E-state index in [4.69, 9.17) is 0 Å². The van der Waals surface area contributed by atoms with E-state index in [0.29, 0.717) is 0 Å². The van der Waals surface area contributed by atoms with Gasteiger partial charge in [-0.2, -0.15) is 0 Å². The van der Waals surface area contributed by atoms with Gasteiger partial charge < -0.3 is 14.8 Å². The Morgan fingerprint density at radius 2 is 1.34 bits per heavy atom. The molecule has 0 saturated carbocycles. The fraction of sp³-hybridized carbons (Fsp3) is 0.241. The molecule has 0 bridgehead atoms. The van der Waals surface area contributed by atoms with Crippen LogP contribution in [0.2, 0.25) is 0 Å². The first-order chi connectivity index (χ1) is 17.3. The van der Waals surface area contributed by atoms with Crippen molar-refractivity contribution in [3.05, 3.63) is 115 Å². The number of benzene rings is 3. The van der Waals surface area contributed by atoms with Crippen molar-refractivity contribution in [1.82, 2.24) is 24.7 Å². The van der Waals surface area contributed by atoms with Gasteiger partial charge in [0.1, 0.15) is 5.82 Å². The molecule has 1 aromatic heterocycles. The number of urea groups is 1. The monoisotopic (exact) mass is 465 g/mol. The molecule has 1 fully saturated rings. The summed E-state index contributed by atoms with van der Waals surface area (Å²) in [5, 5.41) is 3.27. The molecule has 5 rings (SSSR count). The number of nitrogens with one attached hydrogen (secondary N) is 1. The van der Waals surface area contributed by atoms with Gasteiger partial charge in [-0.3, -0.25) is 4.90 Å². The molecule has 6 heteroatoms. The molecule has 2 heterocycles. The number of rotatable bonds is 7. The minimum Gasteiger partial charge on any atom is -0.330 e. The first-order valence-electron chi connectivity index (χ1n) is 12.2. The predicted octanol–water partition coefficient (Wildman–Crippen LogP) is 4.67. The average Bonchev–Trinajstić information content (AvgIpc) is 3.41. The van der Waals surface area contributed by atoms with E-state index in [1.165, 1.54) is 0 Å². The van der Waals surface area contributed by atoms with Crippen LogP contribution in [0.25, 0.3) is 11.4 Å². The van der Waals surface area contributed by atoms with E-state index in [-0.39, 0.29) is 12.1 Å². The van der Waals surface area contributed by atoms with Crippen molar-refractivity contribution in [1.29, 1.82) is 0 Å². The van der Waals surface area contributed by atoms with Crippen molar-refractivity contribution in [2.24, 2.45) is 0 Å². The third-order valence-electron chi connectivity index (χ3n) is 6.60. The minimum atomic E-state index is -0.166. The number of hydrogen-bond donors (Lipinski definition) is 1. The van der Waals surface area contributed by atoms with Gasteiger partial charge in [-0.25, -0.2) is 9.78 Å². The van der Waals surface area contributed by atoms with Crippen molar-refractivity contribution >= 4 is 6.03 Å². The Balaban J connectivity index is 1.16. The largest absolute Gasteiger partial charge is 0.330 e. The Kier molecular flexibility index (Phi) is 7.20. The highest BCUT2D eigenvalue weighted by Gasteiger charge is 2.24. The number of piperazine rings is 1. The molecule has 2 amide bonds. The molecule has 1 saturated heterocycles. The third kappa shape index (κ3) is 5.61. The van der Waals surface area contributed by atoms with E-state index in [0.717, 1.165) is 61.8 Å². The van der Waals surface area contributed by atoms with Gasteiger partial charge in [0, 0.05) is 57.2 Å². The molecule has 1 aliphatic rings. The minimum absolute atomic E-state index is 0.0108. The van der Waals surface area contributed by atoms with Crippen molar-refractivity contribution in [2.45, 2.75) is 12.6 Å². The van der Waals surface area contributed by atoms with Crippen LogP contribution < -0.4 is 5.32 Å². The SMILES string of the molecule is O=C(NC(c1ccccc1)c1ccccc1)N1CCN(CCn2ccnc2-c2ccccc2)CC1. The fourth-order valence-corrected chi connectivity index (χ4v) is 4.63. The summed E-state index contributed by atoms with van der Waals surface area (Å²) < 4.78 is 2.21.